The van der Waals surface area contributed by atoms with E-state index < -0.39 is 22.6 Å². The maximum absolute atomic E-state index is 11.7. The fourth-order valence-electron chi connectivity index (χ4n) is 1.49. The van der Waals surface area contributed by atoms with Crippen LogP contribution in [0.1, 0.15) is 30.6 Å². The molecule has 1 heterocycles. The summed E-state index contributed by atoms with van der Waals surface area (Å²) in [7, 11) is 0. The number of aromatic nitrogens is 1. The molecule has 0 aliphatic rings. The summed E-state index contributed by atoms with van der Waals surface area (Å²) in [5.74, 6) is -1.79. The van der Waals surface area contributed by atoms with Gasteiger partial charge in [0.25, 0.3) is 0 Å². The van der Waals surface area contributed by atoms with E-state index in [0.29, 0.717) is 6.54 Å². The molecule has 1 aromatic heterocycles. The van der Waals surface area contributed by atoms with Gasteiger partial charge in [0.15, 0.2) is 0 Å². The van der Waals surface area contributed by atoms with Crippen molar-refractivity contribution in [3.63, 3.8) is 0 Å². The van der Waals surface area contributed by atoms with Gasteiger partial charge in [0.1, 0.15) is 6.04 Å². The van der Waals surface area contributed by atoms with Crippen LogP contribution in [0.15, 0.2) is 12.3 Å². The summed E-state index contributed by atoms with van der Waals surface area (Å²) in [5, 5.41) is 25.0. The van der Waals surface area contributed by atoms with Crippen LogP contribution in [0.25, 0.3) is 0 Å². The average Bonchev–Trinajstić information content (AvgIpc) is 2.44. The molecule has 1 amide bonds. The molecule has 0 spiro atoms. The Balaban J connectivity index is 2.94. The molecule has 1 atom stereocenters. The fourth-order valence-corrected chi connectivity index (χ4v) is 1.49. The number of carbonyl (C=O) groups is 2. The third kappa shape index (κ3) is 4.41. The third-order valence-corrected chi connectivity index (χ3v) is 2.61. The SMILES string of the molecule is CCCNC(=O)C(C)Nc1ncc(C(=O)O)cc1[N+](=O)[O-]. The molecule has 1 unspecified atom stereocenters. The Hall–Kier alpha value is -2.71. The molecule has 9 nitrogen and oxygen atoms in total. The lowest BCUT2D eigenvalue weighted by molar-refractivity contribution is -0.384. The first-order chi connectivity index (χ1) is 9.86. The van der Waals surface area contributed by atoms with E-state index in [1.165, 1.54) is 6.92 Å². The topological polar surface area (TPSA) is 134 Å². The second kappa shape index (κ2) is 7.17. The number of nitro groups is 1. The highest BCUT2D eigenvalue weighted by Gasteiger charge is 2.22. The molecule has 0 aliphatic carbocycles. The molecule has 0 fully saturated rings. The van der Waals surface area contributed by atoms with E-state index in [4.69, 9.17) is 5.11 Å². The van der Waals surface area contributed by atoms with E-state index in [1.807, 2.05) is 6.92 Å². The second-order valence-electron chi connectivity index (χ2n) is 4.31. The molecule has 9 heteroatoms. The number of amides is 1. The van der Waals surface area contributed by atoms with Gasteiger partial charge in [-0.3, -0.25) is 14.9 Å². The molecule has 114 valence electrons. The minimum Gasteiger partial charge on any atom is -0.478 e. The molecule has 0 radical (unpaired) electrons. The van der Waals surface area contributed by atoms with E-state index in [9.17, 15) is 19.7 Å². The molecule has 1 rings (SSSR count). The minimum absolute atomic E-state index is 0.149. The Morgan fingerprint density at radius 1 is 1.52 bits per heavy atom. The highest BCUT2D eigenvalue weighted by molar-refractivity contribution is 5.89. The van der Waals surface area contributed by atoms with Crippen molar-refractivity contribution in [1.82, 2.24) is 10.3 Å². The number of hydrogen-bond acceptors (Lipinski definition) is 6. The van der Waals surface area contributed by atoms with Crippen molar-refractivity contribution in [3.8, 4) is 0 Å². The molecule has 0 bridgehead atoms. The molecular weight excluding hydrogens is 280 g/mol. The zero-order valence-corrected chi connectivity index (χ0v) is 11.6. The zero-order valence-electron chi connectivity index (χ0n) is 11.6. The van der Waals surface area contributed by atoms with Crippen molar-refractivity contribution in [2.45, 2.75) is 26.3 Å². The van der Waals surface area contributed by atoms with Gasteiger partial charge in [0, 0.05) is 18.8 Å². The summed E-state index contributed by atoms with van der Waals surface area (Å²) in [5.41, 5.74) is -0.791. The molecular formula is C12H16N4O5. The van der Waals surface area contributed by atoms with Crippen LogP contribution in [0.2, 0.25) is 0 Å². The smallest absolute Gasteiger partial charge is 0.337 e. The average molecular weight is 296 g/mol. The zero-order chi connectivity index (χ0) is 16.0. The Morgan fingerprint density at radius 2 is 2.19 bits per heavy atom. The number of carboxylic acids is 1. The van der Waals surface area contributed by atoms with Crippen LogP contribution >= 0.6 is 0 Å². The normalized spacial score (nSPS) is 11.5. The number of carbonyl (C=O) groups excluding carboxylic acids is 1. The highest BCUT2D eigenvalue weighted by Crippen LogP contribution is 2.23. The molecule has 1 aromatic rings. The first-order valence-electron chi connectivity index (χ1n) is 6.28. The van der Waals surface area contributed by atoms with E-state index in [1.54, 1.807) is 0 Å². The van der Waals surface area contributed by atoms with Crippen molar-refractivity contribution in [2.75, 3.05) is 11.9 Å². The van der Waals surface area contributed by atoms with E-state index in [2.05, 4.69) is 15.6 Å². The lowest BCUT2D eigenvalue weighted by Crippen LogP contribution is -2.38. The molecule has 0 aliphatic heterocycles. The Labute approximate surface area is 120 Å². The van der Waals surface area contributed by atoms with E-state index >= 15 is 0 Å². The lowest BCUT2D eigenvalue weighted by atomic mass is 10.2. The standard InChI is InChI=1S/C12H16N4O5/c1-3-4-13-11(17)7(2)15-10-9(16(20)21)5-8(6-14-10)12(18)19/h5-7H,3-4H2,1-2H3,(H,13,17)(H,14,15)(H,18,19). The maximum Gasteiger partial charge on any atom is 0.337 e. The lowest BCUT2D eigenvalue weighted by Gasteiger charge is -2.14. The first kappa shape index (κ1) is 16.3. The maximum atomic E-state index is 11.7. The Morgan fingerprint density at radius 3 is 2.71 bits per heavy atom. The van der Waals surface area contributed by atoms with Crippen LogP contribution in [0.5, 0.6) is 0 Å². The van der Waals surface area contributed by atoms with Crippen LogP contribution in [-0.4, -0.2) is 39.5 Å². The third-order valence-electron chi connectivity index (χ3n) is 2.61. The van der Waals surface area contributed by atoms with Gasteiger partial charge in [0.2, 0.25) is 11.7 Å². The number of carboxylic acid groups (broad SMARTS) is 1. The highest BCUT2D eigenvalue weighted by atomic mass is 16.6. The van der Waals surface area contributed by atoms with Gasteiger partial charge in [0.05, 0.1) is 10.5 Å². The second-order valence-corrected chi connectivity index (χ2v) is 4.31. The molecule has 0 saturated heterocycles. The predicted molar refractivity (Wildman–Crippen MR) is 74.2 cm³/mol. The van der Waals surface area contributed by atoms with Gasteiger partial charge >= 0.3 is 11.7 Å². The largest absolute Gasteiger partial charge is 0.478 e. The van der Waals surface area contributed by atoms with Crippen LogP contribution in [0, 0.1) is 10.1 Å². The number of aromatic carboxylic acids is 1. The summed E-state index contributed by atoms with van der Waals surface area (Å²) in [6.07, 6.45) is 1.76. The van der Waals surface area contributed by atoms with Crippen LogP contribution < -0.4 is 10.6 Å². The van der Waals surface area contributed by atoms with Crippen LogP contribution in [-0.2, 0) is 4.79 Å². The van der Waals surface area contributed by atoms with Gasteiger partial charge in [-0.1, -0.05) is 6.92 Å². The monoisotopic (exact) mass is 296 g/mol. The molecule has 21 heavy (non-hydrogen) atoms. The van der Waals surface area contributed by atoms with Gasteiger partial charge in [-0.15, -0.1) is 0 Å². The van der Waals surface area contributed by atoms with E-state index in [-0.39, 0.29) is 17.3 Å². The summed E-state index contributed by atoms with van der Waals surface area (Å²) >= 11 is 0. The van der Waals surface area contributed by atoms with Crippen molar-refractivity contribution >= 4 is 23.4 Å². The van der Waals surface area contributed by atoms with Gasteiger partial charge in [-0.25, -0.2) is 9.78 Å². The number of hydrogen-bond donors (Lipinski definition) is 3. The molecule has 0 aromatic carbocycles. The van der Waals surface area contributed by atoms with Crippen LogP contribution in [0.4, 0.5) is 11.5 Å². The Bertz CT molecular complexity index is 561. The summed E-state index contributed by atoms with van der Waals surface area (Å²) in [4.78, 5) is 36.4. The fraction of sp³-hybridized carbons (Fsp3) is 0.417. The minimum atomic E-state index is -1.31. The molecule has 0 saturated carbocycles. The predicted octanol–water partition coefficient (Wildman–Crippen LogP) is 1.01. The molecule has 3 N–H and O–H groups in total. The van der Waals surface area contributed by atoms with Gasteiger partial charge in [-0.2, -0.15) is 0 Å². The number of pyridine rings is 1. The van der Waals surface area contributed by atoms with E-state index in [0.717, 1.165) is 18.7 Å². The van der Waals surface area contributed by atoms with Crippen molar-refractivity contribution in [3.05, 3.63) is 27.9 Å². The summed E-state index contributed by atoms with van der Waals surface area (Å²) in [6.45, 7) is 3.93. The van der Waals surface area contributed by atoms with Crippen molar-refractivity contribution < 1.29 is 19.6 Å². The number of nitrogens with one attached hydrogen (secondary N) is 2. The van der Waals surface area contributed by atoms with Crippen LogP contribution in [0.3, 0.4) is 0 Å². The summed E-state index contributed by atoms with van der Waals surface area (Å²) in [6, 6.07) is 0.160. The quantitative estimate of drug-likeness (QED) is 0.505. The first-order valence-corrected chi connectivity index (χ1v) is 6.28. The number of rotatable bonds is 7. The van der Waals surface area contributed by atoms with Crippen molar-refractivity contribution in [1.29, 1.82) is 0 Å². The van der Waals surface area contributed by atoms with Gasteiger partial charge in [-0.05, 0) is 13.3 Å². The van der Waals surface area contributed by atoms with Crippen molar-refractivity contribution in [2.24, 2.45) is 0 Å². The summed E-state index contributed by atoms with van der Waals surface area (Å²) < 4.78 is 0. The number of anilines is 1. The van der Waals surface area contributed by atoms with Gasteiger partial charge < -0.3 is 15.7 Å². The number of nitrogens with zero attached hydrogens (tertiary/aromatic N) is 2. The Kier molecular flexibility index (Phi) is 5.58.